The highest BCUT2D eigenvalue weighted by Crippen LogP contribution is 2.29. The van der Waals surface area contributed by atoms with Crippen molar-refractivity contribution >= 4 is 12.6 Å². The van der Waals surface area contributed by atoms with E-state index in [2.05, 4.69) is 0 Å². The van der Waals surface area contributed by atoms with Crippen molar-refractivity contribution in [2.45, 2.75) is 18.2 Å². The average Bonchev–Trinajstić information content (AvgIpc) is 2.51. The molecule has 4 heteroatoms. The summed E-state index contributed by atoms with van der Waals surface area (Å²) in [6.45, 7) is 0. The molecule has 66 valence electrons. The standard InChI is InChI=1S/C8H9FO3/c9-8(4-10,5-11)6-2-1-3-7(6)12/h1-2,4-7,12H,3H2/t6-,7-/m1/s1. The van der Waals surface area contributed by atoms with Crippen molar-refractivity contribution in [3.63, 3.8) is 0 Å². The number of carbonyl (C=O) groups is 2. The van der Waals surface area contributed by atoms with E-state index in [0.717, 1.165) is 0 Å². The molecule has 1 aliphatic carbocycles. The summed E-state index contributed by atoms with van der Waals surface area (Å²) in [5, 5.41) is 9.17. The van der Waals surface area contributed by atoms with Crippen LogP contribution in [0.4, 0.5) is 4.39 Å². The van der Waals surface area contributed by atoms with Crippen molar-refractivity contribution in [2.75, 3.05) is 0 Å². The Hall–Kier alpha value is -1.03. The molecule has 2 atom stereocenters. The highest BCUT2D eigenvalue weighted by atomic mass is 19.1. The number of halogens is 1. The first-order chi connectivity index (χ1) is 5.64. The van der Waals surface area contributed by atoms with E-state index >= 15 is 0 Å². The van der Waals surface area contributed by atoms with Crippen LogP contribution in [0.3, 0.4) is 0 Å². The van der Waals surface area contributed by atoms with Gasteiger partial charge in [0.25, 0.3) is 0 Å². The minimum atomic E-state index is -2.56. The van der Waals surface area contributed by atoms with Crippen molar-refractivity contribution in [1.29, 1.82) is 0 Å². The Bertz CT molecular complexity index is 216. The molecular weight excluding hydrogens is 163 g/mol. The van der Waals surface area contributed by atoms with E-state index < -0.39 is 17.7 Å². The molecule has 0 unspecified atom stereocenters. The quantitative estimate of drug-likeness (QED) is 0.371. The first-order valence-electron chi connectivity index (χ1n) is 3.60. The topological polar surface area (TPSA) is 54.4 Å². The van der Waals surface area contributed by atoms with E-state index in [1.807, 2.05) is 0 Å². The van der Waals surface area contributed by atoms with Gasteiger partial charge < -0.3 is 5.11 Å². The summed E-state index contributed by atoms with van der Waals surface area (Å²) in [5.41, 5.74) is -2.56. The Balaban J connectivity index is 2.85. The molecule has 0 aromatic carbocycles. The second-order valence-electron chi connectivity index (χ2n) is 2.82. The smallest absolute Gasteiger partial charge is 0.228 e. The van der Waals surface area contributed by atoms with Crippen LogP contribution in [0.25, 0.3) is 0 Å². The molecule has 0 aromatic heterocycles. The number of rotatable bonds is 3. The van der Waals surface area contributed by atoms with Gasteiger partial charge >= 0.3 is 0 Å². The van der Waals surface area contributed by atoms with Crippen LogP contribution in [-0.2, 0) is 9.59 Å². The Morgan fingerprint density at radius 3 is 2.42 bits per heavy atom. The van der Waals surface area contributed by atoms with E-state index in [0.29, 0.717) is 0 Å². The minimum Gasteiger partial charge on any atom is -0.392 e. The molecular formula is C8H9FO3. The second-order valence-corrected chi connectivity index (χ2v) is 2.82. The van der Waals surface area contributed by atoms with Gasteiger partial charge in [0.05, 0.1) is 12.0 Å². The SMILES string of the molecule is O=CC(F)(C=O)[C@@H]1C=CC[C@H]1O. The van der Waals surface area contributed by atoms with Crippen LogP contribution in [0, 0.1) is 5.92 Å². The molecule has 12 heavy (non-hydrogen) atoms. The summed E-state index contributed by atoms with van der Waals surface area (Å²) >= 11 is 0. The Kier molecular flexibility index (Phi) is 2.38. The number of aliphatic hydroxyl groups excluding tert-OH is 1. The zero-order valence-electron chi connectivity index (χ0n) is 6.31. The summed E-state index contributed by atoms with van der Waals surface area (Å²) < 4.78 is 13.3. The molecule has 0 fully saturated rings. The molecule has 1 N–H and O–H groups in total. The number of carbonyl (C=O) groups excluding carboxylic acids is 2. The molecule has 1 aliphatic rings. The molecule has 0 amide bonds. The lowest BCUT2D eigenvalue weighted by Crippen LogP contribution is -2.40. The van der Waals surface area contributed by atoms with Gasteiger partial charge in [-0.1, -0.05) is 12.2 Å². The van der Waals surface area contributed by atoms with Crippen LogP contribution in [0.5, 0.6) is 0 Å². The normalized spacial score (nSPS) is 28.8. The number of hydrogen-bond acceptors (Lipinski definition) is 3. The molecule has 0 bridgehead atoms. The molecule has 1 rings (SSSR count). The molecule has 0 aliphatic heterocycles. The summed E-state index contributed by atoms with van der Waals surface area (Å²) in [7, 11) is 0. The van der Waals surface area contributed by atoms with Gasteiger partial charge in [-0.3, -0.25) is 9.59 Å². The number of alkyl halides is 1. The Morgan fingerprint density at radius 1 is 1.50 bits per heavy atom. The first kappa shape index (κ1) is 9.06. The van der Waals surface area contributed by atoms with Gasteiger partial charge in [0, 0.05) is 0 Å². The largest absolute Gasteiger partial charge is 0.392 e. The van der Waals surface area contributed by atoms with Crippen LogP contribution >= 0.6 is 0 Å². The zero-order chi connectivity index (χ0) is 9.19. The predicted octanol–water partition coefficient (Wildman–Crippen LogP) is 0.0295. The van der Waals surface area contributed by atoms with Gasteiger partial charge in [0.15, 0.2) is 12.6 Å². The van der Waals surface area contributed by atoms with E-state index in [-0.39, 0.29) is 19.0 Å². The summed E-state index contributed by atoms with van der Waals surface area (Å²) in [5.74, 6) is -1.02. The maximum Gasteiger partial charge on any atom is 0.228 e. The monoisotopic (exact) mass is 172 g/mol. The van der Waals surface area contributed by atoms with Gasteiger partial charge in [0.2, 0.25) is 5.67 Å². The van der Waals surface area contributed by atoms with Crippen LogP contribution in [0.2, 0.25) is 0 Å². The van der Waals surface area contributed by atoms with E-state index in [1.54, 1.807) is 6.08 Å². The highest BCUT2D eigenvalue weighted by molar-refractivity contribution is 5.88. The van der Waals surface area contributed by atoms with Crippen molar-refractivity contribution in [3.05, 3.63) is 12.2 Å². The van der Waals surface area contributed by atoms with Crippen molar-refractivity contribution < 1.29 is 19.1 Å². The summed E-state index contributed by atoms with van der Waals surface area (Å²) in [4.78, 5) is 20.5. The lowest BCUT2D eigenvalue weighted by molar-refractivity contribution is -0.133. The van der Waals surface area contributed by atoms with Crippen LogP contribution in [-0.4, -0.2) is 29.5 Å². The van der Waals surface area contributed by atoms with Crippen molar-refractivity contribution in [3.8, 4) is 0 Å². The average molecular weight is 172 g/mol. The number of aldehydes is 2. The zero-order valence-corrected chi connectivity index (χ0v) is 6.31. The summed E-state index contributed by atoms with van der Waals surface area (Å²) in [6, 6.07) is 0. The van der Waals surface area contributed by atoms with Gasteiger partial charge in [-0.25, -0.2) is 4.39 Å². The molecule has 0 radical (unpaired) electrons. The molecule has 3 nitrogen and oxygen atoms in total. The van der Waals surface area contributed by atoms with E-state index in [9.17, 15) is 14.0 Å². The fourth-order valence-corrected chi connectivity index (χ4v) is 1.27. The van der Waals surface area contributed by atoms with Gasteiger partial charge in [-0.2, -0.15) is 0 Å². The fourth-order valence-electron chi connectivity index (χ4n) is 1.27. The highest BCUT2D eigenvalue weighted by Gasteiger charge is 2.43. The maximum atomic E-state index is 13.3. The molecule has 0 spiro atoms. The lowest BCUT2D eigenvalue weighted by Gasteiger charge is -2.21. The third-order valence-electron chi connectivity index (χ3n) is 2.01. The predicted molar refractivity (Wildman–Crippen MR) is 39.2 cm³/mol. The van der Waals surface area contributed by atoms with Gasteiger partial charge in [-0.15, -0.1) is 0 Å². The third-order valence-corrected chi connectivity index (χ3v) is 2.01. The Morgan fingerprint density at radius 2 is 2.08 bits per heavy atom. The first-order valence-corrected chi connectivity index (χ1v) is 3.60. The number of aliphatic hydroxyl groups is 1. The van der Waals surface area contributed by atoms with Crippen LogP contribution < -0.4 is 0 Å². The number of hydrogen-bond donors (Lipinski definition) is 1. The maximum absolute atomic E-state index is 13.3. The van der Waals surface area contributed by atoms with Crippen LogP contribution in [0.1, 0.15) is 6.42 Å². The molecule has 0 saturated carbocycles. The second kappa shape index (κ2) is 3.15. The van der Waals surface area contributed by atoms with Gasteiger partial charge in [-0.05, 0) is 6.42 Å². The Labute approximate surface area is 68.9 Å². The molecule has 0 saturated heterocycles. The summed E-state index contributed by atoms with van der Waals surface area (Å²) in [6.07, 6.45) is 2.10. The van der Waals surface area contributed by atoms with Crippen molar-refractivity contribution in [1.82, 2.24) is 0 Å². The van der Waals surface area contributed by atoms with E-state index in [4.69, 9.17) is 5.11 Å². The fraction of sp³-hybridized carbons (Fsp3) is 0.500. The minimum absolute atomic E-state index is 0.0659. The van der Waals surface area contributed by atoms with Crippen LogP contribution in [0.15, 0.2) is 12.2 Å². The third kappa shape index (κ3) is 1.30. The lowest BCUT2D eigenvalue weighted by atomic mass is 9.89. The van der Waals surface area contributed by atoms with Crippen molar-refractivity contribution in [2.24, 2.45) is 5.92 Å². The van der Waals surface area contributed by atoms with Gasteiger partial charge in [0.1, 0.15) is 0 Å². The molecule has 0 aromatic rings. The molecule has 0 heterocycles. The van der Waals surface area contributed by atoms with E-state index in [1.165, 1.54) is 6.08 Å².